The Bertz CT molecular complexity index is 736. The number of thiol groups is 1. The molecule has 6 heteroatoms. The van der Waals surface area contributed by atoms with E-state index in [9.17, 15) is 9.59 Å². The van der Waals surface area contributed by atoms with Crippen LogP contribution in [0.2, 0.25) is 0 Å². The van der Waals surface area contributed by atoms with Crippen molar-refractivity contribution in [3.05, 3.63) is 59.9 Å². The summed E-state index contributed by atoms with van der Waals surface area (Å²) in [4.78, 5) is 33.4. The van der Waals surface area contributed by atoms with E-state index in [0.717, 1.165) is 6.42 Å². The van der Waals surface area contributed by atoms with Crippen molar-refractivity contribution in [2.75, 3.05) is 26.2 Å². The van der Waals surface area contributed by atoms with Gasteiger partial charge in [-0.15, -0.1) is 12.6 Å². The second kappa shape index (κ2) is 7.49. The van der Waals surface area contributed by atoms with Crippen molar-refractivity contribution in [1.82, 2.24) is 14.8 Å². The van der Waals surface area contributed by atoms with Gasteiger partial charge in [-0.2, -0.15) is 0 Å². The largest absolute Gasteiger partial charge is 0.337 e. The lowest BCUT2D eigenvalue weighted by atomic mass is 10.2. The second-order valence-electron chi connectivity index (χ2n) is 5.69. The summed E-state index contributed by atoms with van der Waals surface area (Å²) >= 11 is 4.36. The van der Waals surface area contributed by atoms with E-state index in [4.69, 9.17) is 0 Å². The number of aromatic nitrogens is 1. The van der Waals surface area contributed by atoms with E-state index in [1.807, 2.05) is 18.2 Å². The number of benzene rings is 1. The highest BCUT2D eigenvalue weighted by molar-refractivity contribution is 7.80. The molecule has 2 amide bonds. The maximum atomic E-state index is 12.7. The van der Waals surface area contributed by atoms with Crippen LogP contribution in [0.15, 0.2) is 53.7 Å². The van der Waals surface area contributed by atoms with E-state index in [2.05, 4.69) is 17.6 Å². The summed E-state index contributed by atoms with van der Waals surface area (Å²) in [6.07, 6.45) is 3.99. The second-order valence-corrected chi connectivity index (χ2v) is 6.17. The lowest BCUT2D eigenvalue weighted by Crippen LogP contribution is -2.37. The van der Waals surface area contributed by atoms with Crippen LogP contribution in [0, 0.1) is 0 Å². The summed E-state index contributed by atoms with van der Waals surface area (Å²) in [5.41, 5.74) is 1.24. The summed E-state index contributed by atoms with van der Waals surface area (Å²) in [7, 11) is 0. The van der Waals surface area contributed by atoms with Gasteiger partial charge in [0, 0.05) is 49.0 Å². The topological polar surface area (TPSA) is 53.5 Å². The molecule has 0 N–H and O–H groups in total. The van der Waals surface area contributed by atoms with Crippen LogP contribution < -0.4 is 0 Å². The van der Waals surface area contributed by atoms with Crippen LogP contribution in [0.25, 0.3) is 0 Å². The average Bonchev–Trinajstić information content (AvgIpc) is 2.88. The van der Waals surface area contributed by atoms with Crippen molar-refractivity contribution in [2.24, 2.45) is 0 Å². The van der Waals surface area contributed by atoms with Gasteiger partial charge in [-0.25, -0.2) is 0 Å². The molecule has 0 radical (unpaired) electrons. The van der Waals surface area contributed by atoms with Gasteiger partial charge in [0.2, 0.25) is 0 Å². The molecule has 0 aliphatic carbocycles. The van der Waals surface area contributed by atoms with Crippen LogP contribution in [0.1, 0.15) is 27.1 Å². The highest BCUT2D eigenvalue weighted by atomic mass is 32.1. The molecule has 1 fully saturated rings. The molecular formula is C18H19N3O2S. The molecule has 0 unspecified atom stereocenters. The number of rotatable bonds is 2. The molecule has 2 heterocycles. The first-order valence-corrected chi connectivity index (χ1v) is 8.38. The fraction of sp³-hybridized carbons (Fsp3) is 0.278. The lowest BCUT2D eigenvalue weighted by Gasteiger charge is -2.22. The molecule has 0 bridgehead atoms. The van der Waals surface area contributed by atoms with Gasteiger partial charge in [-0.05, 0) is 30.7 Å². The molecule has 0 atom stereocenters. The van der Waals surface area contributed by atoms with Crippen molar-refractivity contribution in [1.29, 1.82) is 0 Å². The zero-order valence-electron chi connectivity index (χ0n) is 13.3. The van der Waals surface area contributed by atoms with Gasteiger partial charge in [0.15, 0.2) is 0 Å². The van der Waals surface area contributed by atoms with Crippen LogP contribution in [-0.2, 0) is 0 Å². The maximum absolute atomic E-state index is 12.7. The van der Waals surface area contributed by atoms with E-state index in [1.165, 1.54) is 0 Å². The summed E-state index contributed by atoms with van der Waals surface area (Å²) in [5, 5.41) is 0. The number of hydrogen-bond donors (Lipinski definition) is 1. The molecule has 124 valence electrons. The van der Waals surface area contributed by atoms with Crippen LogP contribution in [-0.4, -0.2) is 52.8 Å². The Hall–Kier alpha value is -2.34. The number of carbonyl (C=O) groups excluding carboxylic acids is 2. The van der Waals surface area contributed by atoms with Crippen molar-refractivity contribution in [3.63, 3.8) is 0 Å². The maximum Gasteiger partial charge on any atom is 0.255 e. The Labute approximate surface area is 146 Å². The molecule has 1 aliphatic rings. The summed E-state index contributed by atoms with van der Waals surface area (Å²) in [6.45, 7) is 2.34. The number of amides is 2. The minimum Gasteiger partial charge on any atom is -0.337 e. The highest BCUT2D eigenvalue weighted by Crippen LogP contribution is 2.17. The quantitative estimate of drug-likeness (QED) is 0.853. The van der Waals surface area contributed by atoms with E-state index >= 15 is 0 Å². The standard InChI is InChI=1S/C18H19N3O2S/c22-17(14-6-8-19-9-7-14)20-10-3-11-21(13-12-20)18(23)15-4-1-2-5-16(15)24/h1-2,4-9,24H,3,10-13H2. The Morgan fingerprint density at radius 1 is 0.875 bits per heavy atom. The van der Waals surface area contributed by atoms with Crippen LogP contribution in [0.4, 0.5) is 0 Å². The molecule has 1 aliphatic heterocycles. The minimum atomic E-state index is -0.0289. The van der Waals surface area contributed by atoms with Gasteiger partial charge in [0.25, 0.3) is 11.8 Å². The zero-order valence-corrected chi connectivity index (χ0v) is 14.2. The predicted molar refractivity (Wildman–Crippen MR) is 94.4 cm³/mol. The fourth-order valence-electron chi connectivity index (χ4n) is 2.83. The van der Waals surface area contributed by atoms with Crippen LogP contribution in [0.3, 0.4) is 0 Å². The van der Waals surface area contributed by atoms with E-state index in [-0.39, 0.29) is 11.8 Å². The smallest absolute Gasteiger partial charge is 0.255 e. The van der Waals surface area contributed by atoms with E-state index in [1.54, 1.807) is 40.4 Å². The Kier molecular flexibility index (Phi) is 5.15. The Morgan fingerprint density at radius 3 is 2.17 bits per heavy atom. The summed E-state index contributed by atoms with van der Waals surface area (Å²) in [5.74, 6) is -0.0416. The van der Waals surface area contributed by atoms with Crippen molar-refractivity contribution < 1.29 is 9.59 Å². The molecule has 1 saturated heterocycles. The lowest BCUT2D eigenvalue weighted by molar-refractivity contribution is 0.0717. The van der Waals surface area contributed by atoms with Gasteiger partial charge in [-0.1, -0.05) is 12.1 Å². The average molecular weight is 341 g/mol. The third kappa shape index (κ3) is 3.59. The third-order valence-corrected chi connectivity index (χ3v) is 4.52. The fourth-order valence-corrected chi connectivity index (χ4v) is 3.08. The molecule has 5 nitrogen and oxygen atoms in total. The monoisotopic (exact) mass is 341 g/mol. The van der Waals surface area contributed by atoms with Gasteiger partial charge in [0.05, 0.1) is 5.56 Å². The zero-order chi connectivity index (χ0) is 16.9. The first-order valence-electron chi connectivity index (χ1n) is 7.93. The number of nitrogens with zero attached hydrogens (tertiary/aromatic N) is 3. The normalized spacial score (nSPS) is 15.0. The number of carbonyl (C=O) groups is 2. The highest BCUT2D eigenvalue weighted by Gasteiger charge is 2.24. The SMILES string of the molecule is O=C(c1ccncc1)N1CCCN(C(=O)c2ccccc2S)CC1. The van der Waals surface area contributed by atoms with Gasteiger partial charge in [0.1, 0.15) is 0 Å². The Morgan fingerprint density at radius 2 is 1.50 bits per heavy atom. The van der Waals surface area contributed by atoms with Crippen LogP contribution in [0.5, 0.6) is 0 Å². The summed E-state index contributed by atoms with van der Waals surface area (Å²) in [6, 6.07) is 10.7. The van der Waals surface area contributed by atoms with Crippen LogP contribution >= 0.6 is 12.6 Å². The number of pyridine rings is 1. The molecule has 0 spiro atoms. The first kappa shape index (κ1) is 16.5. The molecule has 1 aromatic carbocycles. The van der Waals surface area contributed by atoms with Gasteiger partial charge in [-0.3, -0.25) is 14.6 Å². The molecule has 3 rings (SSSR count). The molecule has 2 aromatic rings. The van der Waals surface area contributed by atoms with Gasteiger partial charge >= 0.3 is 0 Å². The van der Waals surface area contributed by atoms with E-state index < -0.39 is 0 Å². The first-order chi connectivity index (χ1) is 11.7. The Balaban J connectivity index is 1.68. The number of hydrogen-bond acceptors (Lipinski definition) is 4. The third-order valence-electron chi connectivity index (χ3n) is 4.13. The molecule has 24 heavy (non-hydrogen) atoms. The van der Waals surface area contributed by atoms with Gasteiger partial charge < -0.3 is 9.80 Å². The molecular weight excluding hydrogens is 322 g/mol. The van der Waals surface area contributed by atoms with Crippen molar-refractivity contribution in [2.45, 2.75) is 11.3 Å². The minimum absolute atomic E-state index is 0.0127. The van der Waals surface area contributed by atoms with Crippen molar-refractivity contribution in [3.8, 4) is 0 Å². The van der Waals surface area contributed by atoms with Crippen molar-refractivity contribution >= 4 is 24.4 Å². The summed E-state index contributed by atoms with van der Waals surface area (Å²) < 4.78 is 0. The molecule has 1 aromatic heterocycles. The predicted octanol–water partition coefficient (Wildman–Crippen LogP) is 2.36. The van der Waals surface area contributed by atoms with E-state index in [0.29, 0.717) is 42.2 Å². The molecule has 0 saturated carbocycles.